The highest BCUT2D eigenvalue weighted by molar-refractivity contribution is 5.94. The SMILES string of the molecule is COc1cc2cnnc(N3CCC(C(O)c4ccccn4)CC3)c2cc1OC. The van der Waals surface area contributed by atoms with Crippen LogP contribution in [0.15, 0.2) is 42.7 Å². The standard InChI is InChI=1S/C21H24N4O3/c1-27-18-11-15-13-23-24-21(16(15)12-19(18)28-2)25-9-6-14(7-10-25)20(26)17-5-3-4-8-22-17/h3-5,8,11-14,20,26H,6-7,9-10H2,1-2H3. The number of pyridine rings is 1. The largest absolute Gasteiger partial charge is 0.493 e. The third-order valence-corrected chi connectivity index (χ3v) is 5.42. The minimum atomic E-state index is -0.536. The fourth-order valence-corrected chi connectivity index (χ4v) is 3.85. The molecule has 0 bridgehead atoms. The van der Waals surface area contributed by atoms with E-state index in [1.807, 2.05) is 30.3 Å². The maximum Gasteiger partial charge on any atom is 0.161 e. The van der Waals surface area contributed by atoms with Crippen LogP contribution in [0.5, 0.6) is 11.5 Å². The highest BCUT2D eigenvalue weighted by Crippen LogP contribution is 2.37. The van der Waals surface area contributed by atoms with Gasteiger partial charge < -0.3 is 19.5 Å². The number of benzene rings is 1. The summed E-state index contributed by atoms with van der Waals surface area (Å²) in [5.41, 5.74) is 0.739. The van der Waals surface area contributed by atoms with Crippen molar-refractivity contribution >= 4 is 16.6 Å². The molecule has 1 saturated heterocycles. The van der Waals surface area contributed by atoms with Crippen molar-refractivity contribution in [3.05, 3.63) is 48.4 Å². The summed E-state index contributed by atoms with van der Waals surface area (Å²) in [6.07, 6.45) is 4.65. The van der Waals surface area contributed by atoms with Crippen LogP contribution < -0.4 is 14.4 Å². The molecule has 3 heterocycles. The molecule has 7 heteroatoms. The Morgan fingerprint density at radius 2 is 1.86 bits per heavy atom. The van der Waals surface area contributed by atoms with E-state index < -0.39 is 6.10 Å². The summed E-state index contributed by atoms with van der Waals surface area (Å²) < 4.78 is 10.8. The molecule has 1 fully saturated rings. The first-order valence-electron chi connectivity index (χ1n) is 9.42. The van der Waals surface area contributed by atoms with Crippen molar-refractivity contribution in [3.8, 4) is 11.5 Å². The molecule has 1 N–H and O–H groups in total. The third-order valence-electron chi connectivity index (χ3n) is 5.42. The maximum absolute atomic E-state index is 10.7. The number of aliphatic hydroxyl groups excluding tert-OH is 1. The molecule has 28 heavy (non-hydrogen) atoms. The smallest absolute Gasteiger partial charge is 0.161 e. The van der Waals surface area contributed by atoms with Crippen molar-refractivity contribution in [2.45, 2.75) is 18.9 Å². The van der Waals surface area contributed by atoms with Gasteiger partial charge in [-0.15, -0.1) is 5.10 Å². The maximum atomic E-state index is 10.7. The van der Waals surface area contributed by atoms with Gasteiger partial charge in [-0.2, -0.15) is 5.10 Å². The van der Waals surface area contributed by atoms with Crippen molar-refractivity contribution in [2.75, 3.05) is 32.2 Å². The van der Waals surface area contributed by atoms with E-state index in [9.17, 15) is 5.11 Å². The molecular formula is C21H24N4O3. The fourth-order valence-electron chi connectivity index (χ4n) is 3.85. The van der Waals surface area contributed by atoms with Crippen LogP contribution in [0.1, 0.15) is 24.6 Å². The number of ether oxygens (including phenoxy) is 2. The van der Waals surface area contributed by atoms with Gasteiger partial charge in [0.25, 0.3) is 0 Å². The monoisotopic (exact) mass is 380 g/mol. The second-order valence-electron chi connectivity index (χ2n) is 6.99. The molecule has 146 valence electrons. The molecule has 0 amide bonds. The van der Waals surface area contributed by atoms with Crippen LogP contribution in [0, 0.1) is 5.92 Å². The molecule has 7 nitrogen and oxygen atoms in total. The average Bonchev–Trinajstić information content (AvgIpc) is 2.77. The molecule has 1 aromatic carbocycles. The van der Waals surface area contributed by atoms with E-state index >= 15 is 0 Å². The zero-order valence-electron chi connectivity index (χ0n) is 16.1. The molecule has 1 aliphatic heterocycles. The summed E-state index contributed by atoms with van der Waals surface area (Å²) in [6.45, 7) is 1.60. The number of methoxy groups -OCH3 is 2. The first-order valence-corrected chi connectivity index (χ1v) is 9.42. The predicted octanol–water partition coefficient (Wildman–Crippen LogP) is 2.99. The summed E-state index contributed by atoms with van der Waals surface area (Å²) in [4.78, 5) is 6.52. The molecule has 0 spiro atoms. The van der Waals surface area contributed by atoms with Crippen molar-refractivity contribution in [2.24, 2.45) is 5.92 Å². The minimum Gasteiger partial charge on any atom is -0.493 e. The Labute approximate surface area is 163 Å². The van der Waals surface area contributed by atoms with Gasteiger partial charge in [0.15, 0.2) is 17.3 Å². The van der Waals surface area contributed by atoms with Gasteiger partial charge in [-0.05, 0) is 43.0 Å². The normalized spacial score (nSPS) is 16.2. The quantitative estimate of drug-likeness (QED) is 0.729. The average molecular weight is 380 g/mol. The lowest BCUT2D eigenvalue weighted by atomic mass is 9.89. The van der Waals surface area contributed by atoms with Crippen molar-refractivity contribution in [3.63, 3.8) is 0 Å². The Morgan fingerprint density at radius 1 is 1.11 bits per heavy atom. The van der Waals surface area contributed by atoms with E-state index in [1.165, 1.54) is 0 Å². The molecule has 1 aliphatic rings. The number of anilines is 1. The summed E-state index contributed by atoms with van der Waals surface area (Å²) >= 11 is 0. The molecule has 1 atom stereocenters. The Bertz CT molecular complexity index is 943. The van der Waals surface area contributed by atoms with Crippen molar-refractivity contribution < 1.29 is 14.6 Å². The number of hydrogen-bond acceptors (Lipinski definition) is 7. The van der Waals surface area contributed by atoms with Crippen LogP contribution in [0.25, 0.3) is 10.8 Å². The van der Waals surface area contributed by atoms with Gasteiger partial charge in [0.05, 0.1) is 32.2 Å². The number of aliphatic hydroxyl groups is 1. The molecule has 0 radical (unpaired) electrons. The topological polar surface area (TPSA) is 80.6 Å². The van der Waals surface area contributed by atoms with Gasteiger partial charge in [-0.1, -0.05) is 6.07 Å². The molecule has 2 aromatic heterocycles. The van der Waals surface area contributed by atoms with Crippen LogP contribution >= 0.6 is 0 Å². The third kappa shape index (κ3) is 3.45. The van der Waals surface area contributed by atoms with Crippen LogP contribution in [0.4, 0.5) is 5.82 Å². The Kier molecular flexibility index (Phi) is 5.25. The van der Waals surface area contributed by atoms with Gasteiger partial charge in [0.1, 0.15) is 0 Å². The molecule has 0 saturated carbocycles. The van der Waals surface area contributed by atoms with E-state index in [4.69, 9.17) is 9.47 Å². The van der Waals surface area contributed by atoms with E-state index in [1.54, 1.807) is 26.6 Å². The number of piperidine rings is 1. The van der Waals surface area contributed by atoms with Crippen LogP contribution in [0.2, 0.25) is 0 Å². The zero-order chi connectivity index (χ0) is 19.5. The summed E-state index contributed by atoms with van der Waals surface area (Å²) in [5, 5.41) is 21.2. The zero-order valence-corrected chi connectivity index (χ0v) is 16.1. The first kappa shape index (κ1) is 18.4. The molecule has 0 aliphatic carbocycles. The number of hydrogen-bond donors (Lipinski definition) is 1. The van der Waals surface area contributed by atoms with Gasteiger partial charge >= 0.3 is 0 Å². The fraction of sp³-hybridized carbons (Fsp3) is 0.381. The lowest BCUT2D eigenvalue weighted by Crippen LogP contribution is -2.36. The van der Waals surface area contributed by atoms with Gasteiger partial charge in [-0.25, -0.2) is 0 Å². The minimum absolute atomic E-state index is 0.184. The molecule has 3 aromatic rings. The van der Waals surface area contributed by atoms with Crippen LogP contribution in [-0.2, 0) is 0 Å². The van der Waals surface area contributed by atoms with Crippen LogP contribution in [0.3, 0.4) is 0 Å². The van der Waals surface area contributed by atoms with Gasteiger partial charge in [0.2, 0.25) is 0 Å². The predicted molar refractivity (Wildman–Crippen MR) is 107 cm³/mol. The molecule has 1 unspecified atom stereocenters. The summed E-state index contributed by atoms with van der Waals surface area (Å²) in [7, 11) is 3.25. The Morgan fingerprint density at radius 3 is 2.54 bits per heavy atom. The van der Waals surface area contributed by atoms with E-state index in [0.717, 1.165) is 48.2 Å². The molecular weight excluding hydrogens is 356 g/mol. The van der Waals surface area contributed by atoms with E-state index in [-0.39, 0.29) is 5.92 Å². The second-order valence-corrected chi connectivity index (χ2v) is 6.99. The summed E-state index contributed by atoms with van der Waals surface area (Å²) in [6, 6.07) is 9.53. The second kappa shape index (κ2) is 7.98. The highest BCUT2D eigenvalue weighted by atomic mass is 16.5. The van der Waals surface area contributed by atoms with E-state index in [2.05, 4.69) is 20.1 Å². The number of nitrogens with zero attached hydrogens (tertiary/aromatic N) is 4. The lowest BCUT2D eigenvalue weighted by molar-refractivity contribution is 0.0890. The van der Waals surface area contributed by atoms with Crippen LogP contribution in [-0.4, -0.2) is 47.6 Å². The number of fused-ring (bicyclic) bond motifs is 1. The Balaban J connectivity index is 1.55. The lowest BCUT2D eigenvalue weighted by Gasteiger charge is -2.35. The van der Waals surface area contributed by atoms with E-state index in [0.29, 0.717) is 11.5 Å². The first-order chi connectivity index (χ1) is 13.7. The van der Waals surface area contributed by atoms with Gasteiger partial charge in [0, 0.05) is 30.1 Å². The number of rotatable bonds is 5. The van der Waals surface area contributed by atoms with Crippen molar-refractivity contribution in [1.82, 2.24) is 15.2 Å². The van der Waals surface area contributed by atoms with Crippen molar-refractivity contribution in [1.29, 1.82) is 0 Å². The Hall–Kier alpha value is -2.93. The highest BCUT2D eigenvalue weighted by Gasteiger charge is 2.28. The number of aromatic nitrogens is 3. The van der Waals surface area contributed by atoms with Gasteiger partial charge in [-0.3, -0.25) is 4.98 Å². The summed E-state index contributed by atoms with van der Waals surface area (Å²) in [5.74, 6) is 2.36. The molecule has 4 rings (SSSR count).